The summed E-state index contributed by atoms with van der Waals surface area (Å²) in [4.78, 5) is 27.1. The minimum absolute atomic E-state index is 0.0797. The lowest BCUT2D eigenvalue weighted by atomic mass is 10.1. The van der Waals surface area contributed by atoms with Gasteiger partial charge in [-0.3, -0.25) is 9.59 Å². The van der Waals surface area contributed by atoms with E-state index in [1.165, 1.54) is 0 Å². The Morgan fingerprint density at radius 2 is 1.84 bits per heavy atom. The second-order valence-corrected chi connectivity index (χ2v) is 7.96. The summed E-state index contributed by atoms with van der Waals surface area (Å²) < 4.78 is 7.27. The molecule has 3 aromatic rings. The van der Waals surface area contributed by atoms with Crippen LogP contribution in [-0.2, 0) is 9.59 Å². The lowest BCUT2D eigenvalue weighted by Crippen LogP contribution is -2.28. The molecule has 0 saturated carbocycles. The van der Waals surface area contributed by atoms with Gasteiger partial charge < -0.3 is 15.0 Å². The van der Waals surface area contributed by atoms with E-state index in [-0.39, 0.29) is 18.2 Å². The molecular formula is C24H26N4O3. The third-order valence-corrected chi connectivity index (χ3v) is 5.51. The Bertz CT molecular complexity index is 1130. The quantitative estimate of drug-likeness (QED) is 0.684. The van der Waals surface area contributed by atoms with E-state index in [2.05, 4.69) is 10.4 Å². The van der Waals surface area contributed by atoms with E-state index in [0.717, 1.165) is 22.6 Å². The summed E-state index contributed by atoms with van der Waals surface area (Å²) in [7, 11) is 1.58. The fourth-order valence-electron chi connectivity index (χ4n) is 3.95. The number of ether oxygens (including phenoxy) is 1. The van der Waals surface area contributed by atoms with E-state index in [0.29, 0.717) is 23.7 Å². The summed E-state index contributed by atoms with van der Waals surface area (Å²) in [5.41, 5.74) is 5.35. The van der Waals surface area contributed by atoms with Gasteiger partial charge in [-0.25, -0.2) is 4.68 Å². The zero-order chi connectivity index (χ0) is 22.1. The minimum atomic E-state index is -0.423. The van der Waals surface area contributed by atoms with Gasteiger partial charge in [0.2, 0.25) is 11.8 Å². The Morgan fingerprint density at radius 1 is 1.10 bits per heavy atom. The summed E-state index contributed by atoms with van der Waals surface area (Å²) >= 11 is 0. The normalized spacial score (nSPS) is 15.9. The van der Waals surface area contributed by atoms with Crippen LogP contribution in [0.15, 0.2) is 48.5 Å². The van der Waals surface area contributed by atoms with E-state index < -0.39 is 5.92 Å². The molecular weight excluding hydrogens is 392 g/mol. The fourth-order valence-corrected chi connectivity index (χ4v) is 3.95. The molecule has 1 fully saturated rings. The minimum Gasteiger partial charge on any atom is -0.495 e. The van der Waals surface area contributed by atoms with Gasteiger partial charge in [0, 0.05) is 24.3 Å². The molecule has 2 amide bonds. The maximum absolute atomic E-state index is 12.8. The number of carbonyl (C=O) groups is 2. The van der Waals surface area contributed by atoms with Gasteiger partial charge in [0.1, 0.15) is 5.75 Å². The van der Waals surface area contributed by atoms with Crippen molar-refractivity contribution >= 4 is 23.2 Å². The van der Waals surface area contributed by atoms with Gasteiger partial charge in [0.15, 0.2) is 0 Å². The number of anilines is 2. The summed E-state index contributed by atoms with van der Waals surface area (Å²) in [6.07, 6.45) is 0.173. The highest BCUT2D eigenvalue weighted by Crippen LogP contribution is 2.34. The molecule has 1 N–H and O–H groups in total. The third-order valence-electron chi connectivity index (χ3n) is 5.51. The van der Waals surface area contributed by atoms with Crippen LogP contribution in [0.5, 0.6) is 5.75 Å². The number of benzene rings is 2. The van der Waals surface area contributed by atoms with Crippen LogP contribution in [0.1, 0.15) is 23.4 Å². The number of amides is 2. The van der Waals surface area contributed by atoms with E-state index in [4.69, 9.17) is 4.74 Å². The SMILES string of the molecule is COc1ccc(C)cc1N1CC(C(=O)Nc2ccc(-n3nc(C)cc3C)cc2)CC1=O. The van der Waals surface area contributed by atoms with Crippen LogP contribution in [0.2, 0.25) is 0 Å². The van der Waals surface area contributed by atoms with Gasteiger partial charge in [0.25, 0.3) is 0 Å². The van der Waals surface area contributed by atoms with Gasteiger partial charge >= 0.3 is 0 Å². The van der Waals surface area contributed by atoms with E-state index in [9.17, 15) is 9.59 Å². The van der Waals surface area contributed by atoms with Crippen molar-refractivity contribution < 1.29 is 14.3 Å². The molecule has 0 radical (unpaired) electrons. The third kappa shape index (κ3) is 4.17. The molecule has 160 valence electrons. The van der Waals surface area contributed by atoms with Crippen LogP contribution < -0.4 is 15.0 Å². The van der Waals surface area contributed by atoms with Gasteiger partial charge in [-0.05, 0) is 68.8 Å². The van der Waals surface area contributed by atoms with Crippen molar-refractivity contribution in [2.24, 2.45) is 5.92 Å². The molecule has 1 unspecified atom stereocenters. The first kappa shape index (κ1) is 20.7. The average Bonchev–Trinajstić information content (AvgIpc) is 3.30. The van der Waals surface area contributed by atoms with Crippen molar-refractivity contribution in [3.63, 3.8) is 0 Å². The van der Waals surface area contributed by atoms with Gasteiger partial charge in [-0.15, -0.1) is 0 Å². The van der Waals surface area contributed by atoms with Gasteiger partial charge in [0.05, 0.1) is 30.1 Å². The van der Waals surface area contributed by atoms with Gasteiger partial charge in [-0.2, -0.15) is 5.10 Å². The summed E-state index contributed by atoms with van der Waals surface area (Å²) in [6.45, 7) is 6.25. The molecule has 7 heteroatoms. The molecule has 7 nitrogen and oxygen atoms in total. The standard InChI is InChI=1S/C24H26N4O3/c1-15-5-10-22(31-4)21(11-15)27-14-18(13-23(27)29)24(30)25-19-6-8-20(9-7-19)28-17(3)12-16(2)26-28/h5-12,18H,13-14H2,1-4H3,(H,25,30). The average molecular weight is 418 g/mol. The molecule has 2 heterocycles. The topological polar surface area (TPSA) is 76.5 Å². The molecule has 1 aromatic heterocycles. The molecule has 1 atom stereocenters. The number of nitrogens with zero attached hydrogens (tertiary/aromatic N) is 3. The molecule has 31 heavy (non-hydrogen) atoms. The second-order valence-electron chi connectivity index (χ2n) is 7.96. The first-order chi connectivity index (χ1) is 14.9. The Balaban J connectivity index is 1.45. The largest absolute Gasteiger partial charge is 0.495 e. The maximum Gasteiger partial charge on any atom is 0.229 e. The number of aryl methyl sites for hydroxylation is 3. The number of carbonyl (C=O) groups excluding carboxylic acids is 2. The predicted molar refractivity (Wildman–Crippen MR) is 120 cm³/mol. The first-order valence-electron chi connectivity index (χ1n) is 10.3. The summed E-state index contributed by atoms with van der Waals surface area (Å²) in [5.74, 6) is -0.0431. The number of nitrogens with one attached hydrogen (secondary N) is 1. The molecule has 1 aliphatic rings. The van der Waals surface area contributed by atoms with E-state index in [1.807, 2.05) is 74.0 Å². The molecule has 2 aromatic carbocycles. The summed E-state index contributed by atoms with van der Waals surface area (Å²) in [5, 5.41) is 7.41. The number of hydrogen-bond acceptors (Lipinski definition) is 4. The van der Waals surface area contributed by atoms with Crippen LogP contribution in [0, 0.1) is 26.7 Å². The second kappa shape index (κ2) is 8.26. The van der Waals surface area contributed by atoms with Crippen LogP contribution >= 0.6 is 0 Å². The number of hydrogen-bond donors (Lipinski definition) is 1. The monoisotopic (exact) mass is 418 g/mol. The van der Waals surface area contributed by atoms with Crippen molar-refractivity contribution in [2.45, 2.75) is 27.2 Å². The molecule has 0 aliphatic carbocycles. The molecule has 1 aliphatic heterocycles. The van der Waals surface area contributed by atoms with Crippen molar-refractivity contribution in [1.29, 1.82) is 0 Å². The number of methoxy groups -OCH3 is 1. The molecule has 4 rings (SSSR count). The molecule has 0 spiro atoms. The van der Waals surface area contributed by atoms with Crippen molar-refractivity contribution in [3.05, 3.63) is 65.5 Å². The smallest absolute Gasteiger partial charge is 0.229 e. The zero-order valence-corrected chi connectivity index (χ0v) is 18.2. The Kier molecular flexibility index (Phi) is 5.50. The van der Waals surface area contributed by atoms with E-state index in [1.54, 1.807) is 12.0 Å². The molecule has 1 saturated heterocycles. The van der Waals surface area contributed by atoms with Crippen LogP contribution in [0.25, 0.3) is 5.69 Å². The highest BCUT2D eigenvalue weighted by molar-refractivity contribution is 6.04. The van der Waals surface area contributed by atoms with Crippen molar-refractivity contribution in [1.82, 2.24) is 9.78 Å². The fraction of sp³-hybridized carbons (Fsp3) is 0.292. The number of rotatable bonds is 5. The zero-order valence-electron chi connectivity index (χ0n) is 18.2. The Morgan fingerprint density at radius 3 is 2.48 bits per heavy atom. The predicted octanol–water partition coefficient (Wildman–Crippen LogP) is 3.80. The highest BCUT2D eigenvalue weighted by Gasteiger charge is 2.36. The maximum atomic E-state index is 12.8. The lowest BCUT2D eigenvalue weighted by molar-refractivity contribution is -0.122. The van der Waals surface area contributed by atoms with Crippen LogP contribution in [0.3, 0.4) is 0 Å². The Labute approximate surface area is 181 Å². The highest BCUT2D eigenvalue weighted by atomic mass is 16.5. The lowest BCUT2D eigenvalue weighted by Gasteiger charge is -2.20. The van der Waals surface area contributed by atoms with E-state index >= 15 is 0 Å². The molecule has 0 bridgehead atoms. The first-order valence-corrected chi connectivity index (χ1v) is 10.3. The van der Waals surface area contributed by atoms with Crippen LogP contribution in [0.4, 0.5) is 11.4 Å². The van der Waals surface area contributed by atoms with Crippen molar-refractivity contribution in [2.75, 3.05) is 23.9 Å². The van der Waals surface area contributed by atoms with Crippen LogP contribution in [-0.4, -0.2) is 35.2 Å². The summed E-state index contributed by atoms with van der Waals surface area (Å²) in [6, 6.07) is 15.2. The van der Waals surface area contributed by atoms with Gasteiger partial charge in [-0.1, -0.05) is 6.07 Å². The Hall–Kier alpha value is -3.61. The number of aromatic nitrogens is 2. The van der Waals surface area contributed by atoms with Crippen molar-refractivity contribution in [3.8, 4) is 11.4 Å².